The molecular formula is C14H30O6. The molecular weight excluding hydrogens is 264 g/mol. The predicted molar refractivity (Wildman–Crippen MR) is 76.2 cm³/mol. The molecule has 0 aliphatic carbocycles. The van der Waals surface area contributed by atoms with Crippen molar-refractivity contribution in [2.24, 2.45) is 0 Å². The zero-order chi connectivity index (χ0) is 15.5. The first kappa shape index (κ1) is 19.8. The van der Waals surface area contributed by atoms with Crippen LogP contribution in [0.3, 0.4) is 0 Å². The molecule has 0 radical (unpaired) electrons. The Morgan fingerprint density at radius 3 is 1.40 bits per heavy atom. The topological polar surface area (TPSA) is 55.4 Å². The van der Waals surface area contributed by atoms with Crippen LogP contribution in [-0.4, -0.2) is 79.3 Å². The van der Waals surface area contributed by atoms with Gasteiger partial charge in [0.25, 0.3) is 0 Å². The Kier molecular flexibility index (Phi) is 11.3. The van der Waals surface area contributed by atoms with E-state index in [9.17, 15) is 0 Å². The molecule has 0 heterocycles. The normalized spacial score (nSPS) is 18.0. The largest absolute Gasteiger partial charge is 0.382 e. The van der Waals surface area contributed by atoms with Crippen LogP contribution in [-0.2, 0) is 28.4 Å². The molecule has 6 nitrogen and oxygen atoms in total. The van der Waals surface area contributed by atoms with E-state index in [1.807, 2.05) is 13.8 Å². The van der Waals surface area contributed by atoms with Gasteiger partial charge in [0.15, 0.2) is 0 Å². The first-order valence-corrected chi connectivity index (χ1v) is 6.77. The minimum absolute atomic E-state index is 0.0345. The average Bonchev–Trinajstić information content (AvgIpc) is 2.43. The van der Waals surface area contributed by atoms with Gasteiger partial charge < -0.3 is 28.4 Å². The van der Waals surface area contributed by atoms with Gasteiger partial charge in [-0.2, -0.15) is 0 Å². The van der Waals surface area contributed by atoms with E-state index in [0.717, 1.165) is 0 Å². The highest BCUT2D eigenvalue weighted by molar-refractivity contribution is 4.86. The van der Waals surface area contributed by atoms with Crippen molar-refractivity contribution in [2.45, 2.75) is 44.4 Å². The Labute approximate surface area is 122 Å². The van der Waals surface area contributed by atoms with E-state index < -0.39 is 0 Å². The number of ether oxygens (including phenoxy) is 6. The van der Waals surface area contributed by atoms with E-state index in [4.69, 9.17) is 28.4 Å². The lowest BCUT2D eigenvalue weighted by molar-refractivity contribution is -0.186. The molecule has 4 atom stereocenters. The van der Waals surface area contributed by atoms with Gasteiger partial charge in [-0.1, -0.05) is 0 Å². The fourth-order valence-electron chi connectivity index (χ4n) is 2.11. The van der Waals surface area contributed by atoms with Gasteiger partial charge in [-0.05, 0) is 13.8 Å². The molecule has 0 N–H and O–H groups in total. The Morgan fingerprint density at radius 2 is 1.10 bits per heavy atom. The smallest absolute Gasteiger partial charge is 0.115 e. The molecule has 0 saturated carbocycles. The summed E-state index contributed by atoms with van der Waals surface area (Å²) >= 11 is 0. The van der Waals surface area contributed by atoms with Gasteiger partial charge in [0.05, 0.1) is 19.3 Å². The summed E-state index contributed by atoms with van der Waals surface area (Å²) < 4.78 is 32.9. The van der Waals surface area contributed by atoms with Crippen LogP contribution in [0.15, 0.2) is 0 Å². The molecule has 0 fully saturated rings. The summed E-state index contributed by atoms with van der Waals surface area (Å²) in [6.07, 6.45) is -1.09. The van der Waals surface area contributed by atoms with Gasteiger partial charge in [-0.3, -0.25) is 0 Å². The molecule has 20 heavy (non-hydrogen) atoms. The van der Waals surface area contributed by atoms with E-state index in [1.54, 1.807) is 35.5 Å². The minimum Gasteiger partial charge on any atom is -0.382 e. The van der Waals surface area contributed by atoms with Crippen LogP contribution in [0.1, 0.15) is 13.8 Å². The van der Waals surface area contributed by atoms with Crippen molar-refractivity contribution in [1.82, 2.24) is 0 Å². The van der Waals surface area contributed by atoms with Gasteiger partial charge in [0.1, 0.15) is 24.4 Å². The van der Waals surface area contributed by atoms with E-state index in [-0.39, 0.29) is 30.5 Å². The Bertz CT molecular complexity index is 224. The molecule has 6 heteroatoms. The molecule has 0 aliphatic heterocycles. The molecule has 0 amide bonds. The van der Waals surface area contributed by atoms with E-state index in [1.165, 1.54) is 0 Å². The van der Waals surface area contributed by atoms with Crippen LogP contribution < -0.4 is 0 Å². The van der Waals surface area contributed by atoms with Crippen molar-refractivity contribution in [3.8, 4) is 0 Å². The van der Waals surface area contributed by atoms with E-state index in [0.29, 0.717) is 13.2 Å². The lowest BCUT2D eigenvalue weighted by atomic mass is 10.0. The van der Waals surface area contributed by atoms with Crippen molar-refractivity contribution < 1.29 is 28.4 Å². The SMILES string of the molecule is COC[C@H](OC)[C@@H](OC(C)C)[C@H](OC)[C@@H](COC)OC. The molecule has 0 aromatic carbocycles. The van der Waals surface area contributed by atoms with Crippen LogP contribution in [0, 0.1) is 0 Å². The minimum atomic E-state index is -0.317. The second-order valence-corrected chi connectivity index (χ2v) is 4.81. The Hall–Kier alpha value is -0.240. The molecule has 122 valence electrons. The standard InChI is InChI=1S/C14H30O6/c1-10(2)20-14(12(18-6)9-16-4)13(19-7)11(17-5)8-15-3/h10-14H,8-9H2,1-7H3/t11-,12+,13-,14-/m1/s1. The van der Waals surface area contributed by atoms with Crippen molar-refractivity contribution in [3.05, 3.63) is 0 Å². The van der Waals surface area contributed by atoms with Gasteiger partial charge in [-0.25, -0.2) is 0 Å². The third-order valence-corrected chi connectivity index (χ3v) is 3.03. The van der Waals surface area contributed by atoms with Crippen molar-refractivity contribution >= 4 is 0 Å². The molecule has 0 unspecified atom stereocenters. The molecule has 0 saturated heterocycles. The van der Waals surface area contributed by atoms with Crippen LogP contribution in [0.5, 0.6) is 0 Å². The highest BCUT2D eigenvalue weighted by Crippen LogP contribution is 2.19. The van der Waals surface area contributed by atoms with Crippen LogP contribution in [0.4, 0.5) is 0 Å². The Balaban J connectivity index is 5.09. The summed E-state index contributed by atoms with van der Waals surface area (Å²) in [7, 11) is 8.14. The fourth-order valence-corrected chi connectivity index (χ4v) is 2.11. The van der Waals surface area contributed by atoms with Crippen molar-refractivity contribution in [2.75, 3.05) is 48.8 Å². The van der Waals surface area contributed by atoms with Crippen LogP contribution in [0.2, 0.25) is 0 Å². The maximum absolute atomic E-state index is 5.97. The molecule has 0 spiro atoms. The summed E-state index contributed by atoms with van der Waals surface area (Å²) in [6, 6.07) is 0. The Morgan fingerprint density at radius 1 is 0.650 bits per heavy atom. The van der Waals surface area contributed by atoms with Crippen LogP contribution in [0.25, 0.3) is 0 Å². The monoisotopic (exact) mass is 294 g/mol. The second-order valence-electron chi connectivity index (χ2n) is 4.81. The molecule has 0 bridgehead atoms. The summed E-state index contributed by atoms with van der Waals surface area (Å²) in [5.41, 5.74) is 0. The zero-order valence-electron chi connectivity index (χ0n) is 13.8. The van der Waals surface area contributed by atoms with Crippen molar-refractivity contribution in [3.63, 3.8) is 0 Å². The highest BCUT2D eigenvalue weighted by Gasteiger charge is 2.37. The molecule has 0 aromatic rings. The average molecular weight is 294 g/mol. The number of rotatable bonds is 12. The maximum atomic E-state index is 5.97. The van der Waals surface area contributed by atoms with Gasteiger partial charge >= 0.3 is 0 Å². The summed E-state index contributed by atoms with van der Waals surface area (Å²) in [4.78, 5) is 0. The van der Waals surface area contributed by atoms with Gasteiger partial charge in [-0.15, -0.1) is 0 Å². The first-order valence-electron chi connectivity index (χ1n) is 6.77. The maximum Gasteiger partial charge on any atom is 0.115 e. The summed E-state index contributed by atoms with van der Waals surface area (Å²) in [5.74, 6) is 0. The van der Waals surface area contributed by atoms with Gasteiger partial charge in [0.2, 0.25) is 0 Å². The van der Waals surface area contributed by atoms with E-state index in [2.05, 4.69) is 0 Å². The first-order chi connectivity index (χ1) is 9.55. The fraction of sp³-hybridized carbons (Fsp3) is 1.00. The lowest BCUT2D eigenvalue weighted by Gasteiger charge is -2.36. The molecule has 0 aromatic heterocycles. The quantitative estimate of drug-likeness (QED) is 0.537. The zero-order valence-corrected chi connectivity index (χ0v) is 13.8. The van der Waals surface area contributed by atoms with Crippen LogP contribution >= 0.6 is 0 Å². The summed E-state index contributed by atoms with van der Waals surface area (Å²) in [6.45, 7) is 4.77. The lowest BCUT2D eigenvalue weighted by Crippen LogP contribution is -2.52. The molecule has 0 rings (SSSR count). The van der Waals surface area contributed by atoms with Crippen molar-refractivity contribution in [1.29, 1.82) is 0 Å². The third-order valence-electron chi connectivity index (χ3n) is 3.03. The number of hydrogen-bond donors (Lipinski definition) is 0. The summed E-state index contributed by atoms with van der Waals surface area (Å²) in [5, 5.41) is 0. The highest BCUT2D eigenvalue weighted by atomic mass is 16.6. The number of methoxy groups -OCH3 is 5. The van der Waals surface area contributed by atoms with Gasteiger partial charge in [0, 0.05) is 35.5 Å². The molecule has 0 aliphatic rings. The third kappa shape index (κ3) is 6.47. The van der Waals surface area contributed by atoms with E-state index >= 15 is 0 Å². The second kappa shape index (κ2) is 11.4. The number of hydrogen-bond acceptors (Lipinski definition) is 6. The predicted octanol–water partition coefficient (Wildman–Crippen LogP) is 1.12.